The lowest BCUT2D eigenvalue weighted by atomic mass is 10.0. The van der Waals surface area contributed by atoms with Gasteiger partial charge in [0.1, 0.15) is 6.10 Å². The first-order valence-corrected chi connectivity index (χ1v) is 28.4. The molecular formula is C54H56F2N12O8S2. The van der Waals surface area contributed by atoms with Gasteiger partial charge in [0, 0.05) is 54.0 Å². The Morgan fingerprint density at radius 1 is 0.590 bits per heavy atom. The van der Waals surface area contributed by atoms with Crippen LogP contribution in [0.5, 0.6) is 0 Å². The van der Waals surface area contributed by atoms with Gasteiger partial charge >= 0.3 is 0 Å². The molecule has 0 amide bonds. The minimum Gasteiger partial charge on any atom is -0.414 e. The third kappa shape index (κ3) is 11.7. The minimum atomic E-state index is -3.81. The highest BCUT2D eigenvalue weighted by Gasteiger charge is 2.33. The monoisotopic (exact) mass is 1100 g/mol. The van der Waals surface area contributed by atoms with Crippen molar-refractivity contribution in [1.82, 2.24) is 51.0 Å². The Labute approximate surface area is 448 Å². The summed E-state index contributed by atoms with van der Waals surface area (Å²) in [5.41, 5.74) is 18.8. The van der Waals surface area contributed by atoms with E-state index in [1.807, 2.05) is 48.5 Å². The number of aromatic nitrogens is 8. The van der Waals surface area contributed by atoms with Crippen LogP contribution in [0.4, 0.5) is 20.4 Å². The molecule has 6 heterocycles. The van der Waals surface area contributed by atoms with Crippen LogP contribution in [0.2, 0.25) is 0 Å². The molecule has 0 saturated carbocycles. The fraction of sp³-hybridized carbons (Fsp3) is 0.333. The van der Waals surface area contributed by atoms with E-state index in [0.29, 0.717) is 78.1 Å². The van der Waals surface area contributed by atoms with Crippen molar-refractivity contribution in [3.8, 4) is 68.6 Å². The first-order valence-electron chi connectivity index (χ1n) is 25.3. The van der Waals surface area contributed by atoms with E-state index in [-0.39, 0.29) is 75.3 Å². The third-order valence-corrected chi connectivity index (χ3v) is 18.3. The molecule has 6 N–H and O–H groups in total. The van der Waals surface area contributed by atoms with Gasteiger partial charge < -0.3 is 40.4 Å². The summed E-state index contributed by atoms with van der Waals surface area (Å²) in [5, 5.41) is 22.3. The molecule has 4 aromatic carbocycles. The third-order valence-electron chi connectivity index (χ3n) is 13.9. The van der Waals surface area contributed by atoms with Crippen molar-refractivity contribution in [3.63, 3.8) is 0 Å². The number of nitrogens with one attached hydrogen (secondary N) is 2. The Hall–Kier alpha value is -7.48. The van der Waals surface area contributed by atoms with Gasteiger partial charge in [0.25, 0.3) is 11.8 Å². The molecule has 20 nitrogen and oxygen atoms in total. The van der Waals surface area contributed by atoms with E-state index in [1.54, 1.807) is 24.3 Å². The first kappa shape index (κ1) is 53.9. The number of halogens is 2. The number of sulfone groups is 2. The number of hydrogen-bond donors (Lipinski definition) is 4. The molecule has 24 heteroatoms. The molecule has 2 fully saturated rings. The number of rotatable bonds is 21. The van der Waals surface area contributed by atoms with Crippen LogP contribution < -0.4 is 22.1 Å². The quantitative estimate of drug-likeness (QED) is 0.0535. The Balaban J connectivity index is 0.822. The van der Waals surface area contributed by atoms with Crippen LogP contribution in [0.1, 0.15) is 62.5 Å². The van der Waals surface area contributed by atoms with Crippen molar-refractivity contribution in [2.75, 3.05) is 44.6 Å². The fourth-order valence-corrected chi connectivity index (χ4v) is 11.8. The molecule has 0 radical (unpaired) electrons. The van der Waals surface area contributed by atoms with E-state index in [2.05, 4.69) is 41.0 Å². The maximum Gasteiger partial charge on any atom is 0.270 e. The summed E-state index contributed by atoms with van der Waals surface area (Å²) in [6.07, 6.45) is 2.13. The number of nitrogens with two attached hydrogens (primary N) is 2. The normalized spacial score (nSPS) is 17.6. The second-order valence-corrected chi connectivity index (χ2v) is 23.9. The van der Waals surface area contributed by atoms with Crippen molar-refractivity contribution in [3.05, 3.63) is 120 Å². The van der Waals surface area contributed by atoms with Gasteiger partial charge in [-0.2, -0.15) is 0 Å². The molecule has 78 heavy (non-hydrogen) atoms. The summed E-state index contributed by atoms with van der Waals surface area (Å²) in [4.78, 5) is 18.8. The molecule has 5 atom stereocenters. The van der Waals surface area contributed by atoms with Crippen LogP contribution in [-0.2, 0) is 42.2 Å². The highest BCUT2D eigenvalue weighted by Crippen LogP contribution is 2.38. The van der Waals surface area contributed by atoms with Gasteiger partial charge in [-0.25, -0.2) is 36.8 Å². The Morgan fingerprint density at radius 2 is 1.09 bits per heavy atom. The maximum absolute atomic E-state index is 13.3. The number of nitrogens with zero attached hydrogens (tertiary/aromatic N) is 8. The zero-order valence-corrected chi connectivity index (χ0v) is 44.2. The molecule has 4 aromatic heterocycles. The van der Waals surface area contributed by atoms with Gasteiger partial charge in [0.05, 0.1) is 70.1 Å². The van der Waals surface area contributed by atoms with Crippen LogP contribution in [0, 0.1) is 0 Å². The van der Waals surface area contributed by atoms with E-state index in [0.717, 1.165) is 24.2 Å². The summed E-state index contributed by atoms with van der Waals surface area (Å²) >= 11 is 0. The van der Waals surface area contributed by atoms with Crippen molar-refractivity contribution >= 4 is 31.3 Å². The zero-order valence-electron chi connectivity index (χ0n) is 42.6. The molecule has 2 saturated heterocycles. The highest BCUT2D eigenvalue weighted by atomic mass is 32.2. The number of benzene rings is 4. The van der Waals surface area contributed by atoms with Crippen LogP contribution in [0.25, 0.3) is 68.6 Å². The first-order chi connectivity index (χ1) is 37.7. The predicted molar refractivity (Wildman–Crippen MR) is 286 cm³/mol. The van der Waals surface area contributed by atoms with Gasteiger partial charge in [-0.05, 0) is 99.2 Å². The van der Waals surface area contributed by atoms with E-state index < -0.39 is 49.6 Å². The predicted octanol–water partition coefficient (Wildman–Crippen LogP) is 7.74. The highest BCUT2D eigenvalue weighted by molar-refractivity contribution is 7.92. The summed E-state index contributed by atoms with van der Waals surface area (Å²) < 4.78 is 102. The average molecular weight is 1100 g/mol. The number of anilines is 2. The summed E-state index contributed by atoms with van der Waals surface area (Å²) in [7, 11) is -7.52. The second kappa shape index (κ2) is 23.2. The van der Waals surface area contributed by atoms with Gasteiger partial charge in [0.15, 0.2) is 42.7 Å². The van der Waals surface area contributed by atoms with Gasteiger partial charge in [-0.3, -0.25) is 8.78 Å². The number of alkyl halides is 2. The largest absolute Gasteiger partial charge is 0.414 e. The molecule has 0 bridgehead atoms. The van der Waals surface area contributed by atoms with Gasteiger partial charge in [-0.15, -0.1) is 20.4 Å². The minimum absolute atomic E-state index is 0.0274. The van der Waals surface area contributed by atoms with E-state index in [9.17, 15) is 25.6 Å². The van der Waals surface area contributed by atoms with Crippen LogP contribution in [0.3, 0.4) is 0 Å². The lowest BCUT2D eigenvalue weighted by Crippen LogP contribution is -2.28. The summed E-state index contributed by atoms with van der Waals surface area (Å²) in [6, 6.07) is 27.8. The van der Waals surface area contributed by atoms with Crippen molar-refractivity contribution in [1.29, 1.82) is 0 Å². The molecule has 0 spiro atoms. The van der Waals surface area contributed by atoms with Crippen molar-refractivity contribution in [2.45, 2.75) is 91.1 Å². The van der Waals surface area contributed by atoms with E-state index in [1.165, 1.54) is 44.3 Å². The van der Waals surface area contributed by atoms with Gasteiger partial charge in [0.2, 0.25) is 11.8 Å². The molecule has 10 rings (SSSR count). The molecular weight excluding hydrogens is 1050 g/mol. The maximum atomic E-state index is 13.3. The van der Waals surface area contributed by atoms with Crippen molar-refractivity contribution < 1.29 is 43.9 Å². The Bertz CT molecular complexity index is 3600. The number of ether oxygens (including phenoxy) is 2. The summed E-state index contributed by atoms with van der Waals surface area (Å²) in [6.45, 7) is 4.43. The number of nitrogen functional groups attached to an aromatic ring is 2. The molecule has 2 aliphatic heterocycles. The van der Waals surface area contributed by atoms with Crippen LogP contribution >= 0.6 is 0 Å². The topological polar surface area (TPSA) is 292 Å². The molecule has 0 aliphatic carbocycles. The number of hydrogen-bond acceptors (Lipinski definition) is 20. The molecule has 2 unspecified atom stereocenters. The lowest BCUT2D eigenvalue weighted by molar-refractivity contribution is 0.106. The fourth-order valence-electron chi connectivity index (χ4n) is 9.03. The van der Waals surface area contributed by atoms with Crippen LogP contribution in [0.15, 0.2) is 122 Å². The Kier molecular flexibility index (Phi) is 16.1. The lowest BCUT2D eigenvalue weighted by Gasteiger charge is -2.17. The van der Waals surface area contributed by atoms with Crippen LogP contribution in [-0.4, -0.2) is 113 Å². The Morgan fingerprint density at radius 3 is 1.62 bits per heavy atom. The van der Waals surface area contributed by atoms with E-state index in [4.69, 9.17) is 39.7 Å². The molecule has 8 aromatic rings. The molecule has 2 aliphatic rings. The smallest absolute Gasteiger partial charge is 0.270 e. The average Bonchev–Trinajstić information content (AvgIpc) is 4.39. The molecule has 406 valence electrons. The zero-order chi connectivity index (χ0) is 54.6. The van der Waals surface area contributed by atoms with Gasteiger partial charge in [-0.1, -0.05) is 48.5 Å². The standard InChI is InChI=1S/C54H56F2N12O8S2/c1-31(19-22-55)77(69,70)41-15-11-35(12-16-41)43-28-61-49(57)47(62-43)53-67-65-51(75-53)37-9-5-34(6-10-37)27-60-40-25-44(74-30-40)46-45(36-13-17-42(18-14-36)78(71,72)32(2)20-23-56)63-48(50(58)64-46)54-68-66-52(76-54)38-7-3-33(4-8-38)26-59-39-21-24-73-29-39/h3-18,28,31-32,39-40,44,59-60H,19-27,29-30H2,1-2H3,(H2,57,61)(H2,58,64)/t31?,32?,39-,40+,44+/m0/s1. The second-order valence-electron chi connectivity index (χ2n) is 19.2. The van der Waals surface area contributed by atoms with E-state index >= 15 is 0 Å². The summed E-state index contributed by atoms with van der Waals surface area (Å²) in [5.74, 6) is 0.623. The SMILES string of the molecule is CC(CCF)S(=O)(=O)c1ccc(-c2cnc(N)c(-c3nnc(-c4ccc(CN[C@H]5CO[C@@H](c6nc(N)c(-c7nnc(-c8ccc(CN[C@H]9CCOC9)cc8)o7)nc6-c6ccc(S(=O)(=O)C(C)CCF)cc6)C5)cc4)o3)n2)cc1. The van der Waals surface area contributed by atoms with Crippen molar-refractivity contribution in [2.24, 2.45) is 0 Å².